The van der Waals surface area contributed by atoms with Crippen LogP contribution in [-0.4, -0.2) is 44.3 Å². The van der Waals surface area contributed by atoms with Crippen LogP contribution < -0.4 is 0 Å². The van der Waals surface area contributed by atoms with Gasteiger partial charge in [0.15, 0.2) is 0 Å². The molecule has 0 saturated heterocycles. The van der Waals surface area contributed by atoms with Gasteiger partial charge in [-0.3, -0.25) is 0 Å². The summed E-state index contributed by atoms with van der Waals surface area (Å²) in [6.45, 7) is 1.88. The molecule has 0 saturated carbocycles. The minimum atomic E-state index is -3.69. The number of furan rings is 1. The number of hydrogen-bond donors (Lipinski definition) is 0. The number of benzene rings is 1. The molecule has 0 atom stereocenters. The standard InChI is InChI=1S/C17H13ClN2O5SSe/c1-2-24-17(21)14-7-12(13-8-20-19-16(13)27-20)15(25-14)9-26(22,23)11-5-3-10(18)4-6-11/h3-8H,2,9H2,1H3. The van der Waals surface area contributed by atoms with Gasteiger partial charge in [-0.2, -0.15) is 0 Å². The fraction of sp³-hybridized carbons (Fsp3) is 0.176. The molecule has 0 radical (unpaired) electrons. The van der Waals surface area contributed by atoms with Crippen molar-refractivity contribution < 1.29 is 22.4 Å². The monoisotopic (exact) mass is 472 g/mol. The van der Waals surface area contributed by atoms with Crippen LogP contribution in [0.4, 0.5) is 0 Å². The molecule has 140 valence electrons. The Morgan fingerprint density at radius 1 is 1.30 bits per heavy atom. The average molecular weight is 472 g/mol. The topological polar surface area (TPSA) is 90.9 Å². The first kappa shape index (κ1) is 18.3. The number of hydrogen-bond acceptors (Lipinski definition) is 6. The van der Waals surface area contributed by atoms with Gasteiger partial charge >= 0.3 is 166 Å². The first-order valence-electron chi connectivity index (χ1n) is 7.94. The molecular weight excluding hydrogens is 459 g/mol. The van der Waals surface area contributed by atoms with Crippen molar-refractivity contribution >= 4 is 46.5 Å². The Morgan fingerprint density at radius 2 is 2.00 bits per heavy atom. The van der Waals surface area contributed by atoms with Gasteiger partial charge in [-0.05, 0) is 0 Å². The van der Waals surface area contributed by atoms with Crippen LogP contribution in [0.25, 0.3) is 15.5 Å². The van der Waals surface area contributed by atoms with Gasteiger partial charge < -0.3 is 0 Å². The second-order valence-corrected chi connectivity index (χ2v) is 10.1. The number of carbonyl (C=O) groups excluding carboxylic acids is 1. The van der Waals surface area contributed by atoms with Crippen molar-refractivity contribution in [1.82, 2.24) is 8.61 Å². The van der Waals surface area contributed by atoms with E-state index in [2.05, 4.69) is 5.10 Å². The first-order valence-corrected chi connectivity index (χ1v) is 11.6. The van der Waals surface area contributed by atoms with Gasteiger partial charge in [0, 0.05) is 0 Å². The van der Waals surface area contributed by atoms with Crippen molar-refractivity contribution in [2.75, 3.05) is 6.61 Å². The molecule has 7 nitrogen and oxygen atoms in total. The predicted molar refractivity (Wildman–Crippen MR) is 99.3 cm³/mol. The van der Waals surface area contributed by atoms with Gasteiger partial charge in [0.05, 0.1) is 0 Å². The second-order valence-electron chi connectivity index (χ2n) is 5.72. The maximum atomic E-state index is 12.8. The Morgan fingerprint density at radius 3 is 2.59 bits per heavy atom. The summed E-state index contributed by atoms with van der Waals surface area (Å²) in [4.78, 5) is 12.2. The van der Waals surface area contributed by atoms with E-state index in [1.165, 1.54) is 30.3 Å². The average Bonchev–Trinajstić information content (AvgIpc) is 3.27. The Kier molecular flexibility index (Phi) is 4.63. The summed E-state index contributed by atoms with van der Waals surface area (Å²) < 4.78 is 38.9. The molecule has 0 N–H and O–H groups in total. The van der Waals surface area contributed by atoms with E-state index in [9.17, 15) is 13.2 Å². The van der Waals surface area contributed by atoms with Crippen molar-refractivity contribution in [3.63, 3.8) is 0 Å². The Hall–Kier alpha value is -2.06. The van der Waals surface area contributed by atoms with Gasteiger partial charge in [0.25, 0.3) is 0 Å². The molecule has 0 spiro atoms. The number of ether oxygens (including phenoxy) is 1. The molecule has 0 unspecified atom stereocenters. The molecule has 1 aromatic carbocycles. The number of nitrogens with zero attached hydrogens (tertiary/aromatic N) is 2. The third kappa shape index (κ3) is 3.43. The third-order valence-corrected chi connectivity index (χ3v) is 7.57. The van der Waals surface area contributed by atoms with Crippen LogP contribution in [0.1, 0.15) is 23.2 Å². The summed E-state index contributed by atoms with van der Waals surface area (Å²) in [7, 11) is -3.69. The summed E-state index contributed by atoms with van der Waals surface area (Å²) in [5.41, 5.74) is 1.34. The molecule has 0 aliphatic carbocycles. The summed E-state index contributed by atoms with van der Waals surface area (Å²) in [6, 6.07) is 7.44. The fourth-order valence-corrected chi connectivity index (χ4v) is 5.59. The van der Waals surface area contributed by atoms with E-state index < -0.39 is 15.8 Å². The Labute approximate surface area is 165 Å². The van der Waals surface area contributed by atoms with E-state index in [-0.39, 0.29) is 43.5 Å². The molecular formula is C17H13ClN2O5SSe. The Balaban J connectivity index is 1.75. The molecule has 5 aromatic rings. The van der Waals surface area contributed by atoms with E-state index in [4.69, 9.17) is 20.8 Å². The zero-order valence-electron chi connectivity index (χ0n) is 14.0. The third-order valence-electron chi connectivity index (χ3n) is 3.91. The van der Waals surface area contributed by atoms with E-state index in [1.54, 1.807) is 10.4 Å². The van der Waals surface area contributed by atoms with E-state index >= 15 is 0 Å². The van der Waals surface area contributed by atoms with Crippen molar-refractivity contribution in [3.05, 3.63) is 53.1 Å². The molecule has 0 aliphatic heterocycles. The minimum absolute atomic E-state index is 0.0266. The molecule has 0 fully saturated rings. The summed E-state index contributed by atoms with van der Waals surface area (Å²) >= 11 is 5.93. The van der Waals surface area contributed by atoms with Crippen molar-refractivity contribution in [1.29, 1.82) is 0 Å². The molecule has 27 heavy (non-hydrogen) atoms. The van der Waals surface area contributed by atoms with Crippen LogP contribution in [0.2, 0.25) is 5.02 Å². The quantitative estimate of drug-likeness (QED) is 0.317. The van der Waals surface area contributed by atoms with Crippen LogP contribution in [0.3, 0.4) is 0 Å². The number of fused-ring (bicyclic) bond motifs is 1. The molecule has 0 aliphatic rings. The summed E-state index contributed by atoms with van der Waals surface area (Å²) in [5.74, 6) is -0.860. The molecule has 4 heterocycles. The van der Waals surface area contributed by atoms with Crippen LogP contribution in [-0.2, 0) is 20.3 Å². The SMILES string of the molecule is CCOC(=O)c1cc(-c2cn3nc2[se]3)c(CS(=O)(=O)c2ccc(Cl)cc2)o1. The van der Waals surface area contributed by atoms with Gasteiger partial charge in [0.2, 0.25) is 0 Å². The van der Waals surface area contributed by atoms with E-state index in [1.807, 2.05) is 6.20 Å². The van der Waals surface area contributed by atoms with Gasteiger partial charge in [0.1, 0.15) is 0 Å². The molecule has 2 bridgehead atoms. The molecule has 4 aromatic heterocycles. The van der Waals surface area contributed by atoms with Crippen LogP contribution >= 0.6 is 11.6 Å². The number of esters is 1. The first-order chi connectivity index (χ1) is 12.9. The second kappa shape index (κ2) is 6.83. The van der Waals surface area contributed by atoms with Crippen LogP contribution in [0.5, 0.6) is 0 Å². The molecule has 5 rings (SSSR count). The number of sulfone groups is 1. The zero-order valence-corrected chi connectivity index (χ0v) is 17.3. The predicted octanol–water partition coefficient (Wildman–Crippen LogP) is 2.89. The van der Waals surface area contributed by atoms with Crippen molar-refractivity contribution in [2.45, 2.75) is 17.6 Å². The van der Waals surface area contributed by atoms with Gasteiger partial charge in [-0.25, -0.2) is 0 Å². The number of aromatic nitrogens is 2. The van der Waals surface area contributed by atoms with Gasteiger partial charge in [-0.15, -0.1) is 0 Å². The molecule has 10 heteroatoms. The van der Waals surface area contributed by atoms with E-state index in [0.717, 1.165) is 9.95 Å². The fourth-order valence-electron chi connectivity index (χ4n) is 2.66. The van der Waals surface area contributed by atoms with Gasteiger partial charge in [-0.1, -0.05) is 0 Å². The normalized spacial score (nSPS) is 12.1. The summed E-state index contributed by atoms with van der Waals surface area (Å²) in [6.07, 6.45) is 1.83. The van der Waals surface area contributed by atoms with Crippen molar-refractivity contribution in [3.8, 4) is 11.1 Å². The van der Waals surface area contributed by atoms with Crippen LogP contribution in [0, 0.1) is 0 Å². The zero-order chi connectivity index (χ0) is 19.2. The number of carbonyl (C=O) groups is 1. The molecule has 0 amide bonds. The van der Waals surface area contributed by atoms with E-state index in [0.29, 0.717) is 10.6 Å². The van der Waals surface area contributed by atoms with Crippen molar-refractivity contribution in [2.24, 2.45) is 0 Å². The maximum absolute atomic E-state index is 12.8. The number of rotatable bonds is 6. The Bertz CT molecular complexity index is 1190. The summed E-state index contributed by atoms with van der Waals surface area (Å²) in [5, 5.41) is 4.70. The van der Waals surface area contributed by atoms with Crippen LogP contribution in [0.15, 0.2) is 45.8 Å². The number of halogens is 1.